The fraction of sp³-hybridized carbons (Fsp3) is 0.143. The minimum absolute atomic E-state index is 0.0488. The van der Waals surface area contributed by atoms with Crippen molar-refractivity contribution in [2.45, 2.75) is 6.18 Å². The molecule has 1 aliphatic rings. The average Bonchev–Trinajstić information content (AvgIpc) is 2.99. The molecule has 0 unspecified atom stereocenters. The number of carbonyl (C=O) groups is 4. The Labute approximate surface area is 227 Å². The van der Waals surface area contributed by atoms with Crippen molar-refractivity contribution in [2.24, 2.45) is 0 Å². The fourth-order valence-corrected chi connectivity index (χ4v) is 5.81. The fourth-order valence-electron chi connectivity index (χ4n) is 2.84. The Bertz CT molecular complexity index is 1230. The number of ether oxygens (including phenoxy) is 1. The molecule has 0 aliphatic carbocycles. The van der Waals surface area contributed by atoms with Crippen LogP contribution >= 0.6 is 56.9 Å². The number of nitrogens with one attached hydrogen (secondary N) is 1. The number of hydrogen-bond acceptors (Lipinski definition) is 6. The highest BCUT2D eigenvalue weighted by molar-refractivity contribution is 14.1. The van der Waals surface area contributed by atoms with E-state index in [0.717, 1.165) is 18.2 Å². The maximum Gasteiger partial charge on any atom is 0.416 e. The summed E-state index contributed by atoms with van der Waals surface area (Å²) in [6.45, 7) is -1.19. The lowest BCUT2D eigenvalue weighted by Crippen LogP contribution is -2.36. The van der Waals surface area contributed by atoms with E-state index in [-0.39, 0.29) is 10.6 Å². The summed E-state index contributed by atoms with van der Waals surface area (Å²) in [4.78, 5) is 48.8. The number of benzene rings is 2. The molecule has 35 heavy (non-hydrogen) atoms. The molecule has 3 amide bonds. The molecule has 0 aromatic heterocycles. The van der Waals surface area contributed by atoms with Gasteiger partial charge in [-0.3, -0.25) is 19.3 Å². The molecule has 2 aromatic rings. The first-order valence-electron chi connectivity index (χ1n) is 9.41. The molecule has 0 bridgehead atoms. The number of imide groups is 1. The molecule has 2 aromatic carbocycles. The number of carbonyl (C=O) groups excluding carboxylic acids is 3. The Balaban J connectivity index is 1.71. The summed E-state index contributed by atoms with van der Waals surface area (Å²) in [5.74, 6) is -2.33. The van der Waals surface area contributed by atoms with Crippen molar-refractivity contribution in [1.82, 2.24) is 4.90 Å². The third-order valence-electron chi connectivity index (χ3n) is 4.31. The Hall–Kier alpha value is -2.34. The highest BCUT2D eigenvalue weighted by atomic mass is 127. The van der Waals surface area contributed by atoms with Crippen LogP contribution in [0.3, 0.4) is 0 Å². The SMILES string of the molecule is O=C(O)COc1c(I)cc(/C=C2\SC(=O)N(CC(=O)Nc3cccc(C(F)(F)F)c3)C2=O)cc1I. The third-order valence-corrected chi connectivity index (χ3v) is 6.82. The van der Waals surface area contributed by atoms with Crippen molar-refractivity contribution in [1.29, 1.82) is 0 Å². The highest BCUT2D eigenvalue weighted by Crippen LogP contribution is 2.35. The van der Waals surface area contributed by atoms with E-state index in [4.69, 9.17) is 9.84 Å². The molecule has 3 rings (SSSR count). The molecular formula is C21H13F3I2N2O6S. The van der Waals surface area contributed by atoms with E-state index in [9.17, 15) is 32.3 Å². The van der Waals surface area contributed by atoms with Crippen LogP contribution in [0.4, 0.5) is 23.7 Å². The van der Waals surface area contributed by atoms with E-state index in [1.165, 1.54) is 12.1 Å². The van der Waals surface area contributed by atoms with Crippen molar-refractivity contribution in [3.63, 3.8) is 0 Å². The topological polar surface area (TPSA) is 113 Å². The number of hydrogen-bond donors (Lipinski definition) is 2. The molecule has 8 nitrogen and oxygen atoms in total. The van der Waals surface area contributed by atoms with Crippen LogP contribution in [0, 0.1) is 7.14 Å². The predicted octanol–water partition coefficient (Wildman–Crippen LogP) is 5.05. The van der Waals surface area contributed by atoms with Gasteiger partial charge in [-0.05, 0) is 98.9 Å². The molecule has 0 spiro atoms. The van der Waals surface area contributed by atoms with Crippen molar-refractivity contribution >= 4 is 91.7 Å². The first kappa shape index (κ1) is 27.3. The summed E-state index contributed by atoms with van der Waals surface area (Å²) < 4.78 is 45.0. The summed E-state index contributed by atoms with van der Waals surface area (Å²) in [7, 11) is 0. The molecule has 184 valence electrons. The van der Waals surface area contributed by atoms with Gasteiger partial charge in [-0.25, -0.2) is 4.79 Å². The molecule has 1 fully saturated rings. The minimum atomic E-state index is -4.59. The monoisotopic (exact) mass is 732 g/mol. The lowest BCUT2D eigenvalue weighted by molar-refractivity contribution is -0.139. The number of alkyl halides is 3. The van der Waals surface area contributed by atoms with E-state index < -0.39 is 47.9 Å². The molecule has 14 heteroatoms. The van der Waals surface area contributed by atoms with Crippen LogP contribution in [-0.4, -0.2) is 46.2 Å². The Morgan fingerprint density at radius 2 is 1.80 bits per heavy atom. The number of carboxylic acids is 1. The maximum absolute atomic E-state index is 12.8. The Morgan fingerprint density at radius 3 is 2.40 bits per heavy atom. The second-order valence-electron chi connectivity index (χ2n) is 6.89. The quantitative estimate of drug-likeness (QED) is 0.303. The van der Waals surface area contributed by atoms with Crippen LogP contribution in [-0.2, 0) is 20.6 Å². The summed E-state index contributed by atoms with van der Waals surface area (Å²) in [6.07, 6.45) is -3.14. The largest absolute Gasteiger partial charge is 0.480 e. The van der Waals surface area contributed by atoms with Gasteiger partial charge in [0.1, 0.15) is 12.3 Å². The number of rotatable bonds is 7. The van der Waals surface area contributed by atoms with Crippen molar-refractivity contribution in [2.75, 3.05) is 18.5 Å². The van der Waals surface area contributed by atoms with Gasteiger partial charge in [0, 0.05) is 5.69 Å². The van der Waals surface area contributed by atoms with Gasteiger partial charge in [-0.1, -0.05) is 6.07 Å². The molecule has 1 saturated heterocycles. The third kappa shape index (κ3) is 7.09. The van der Waals surface area contributed by atoms with Crippen LogP contribution in [0.25, 0.3) is 6.08 Å². The second kappa shape index (κ2) is 11.2. The number of halogens is 5. The Morgan fingerprint density at radius 1 is 1.14 bits per heavy atom. The van der Waals surface area contributed by atoms with Crippen molar-refractivity contribution in [3.8, 4) is 5.75 Å². The molecule has 0 saturated carbocycles. The smallest absolute Gasteiger partial charge is 0.416 e. The van der Waals surface area contributed by atoms with Crippen LogP contribution in [0.1, 0.15) is 11.1 Å². The number of carboxylic acid groups (broad SMARTS) is 1. The van der Waals surface area contributed by atoms with Gasteiger partial charge in [-0.2, -0.15) is 13.2 Å². The maximum atomic E-state index is 12.8. The molecule has 2 N–H and O–H groups in total. The van der Waals surface area contributed by atoms with Crippen molar-refractivity contribution < 1.29 is 42.2 Å². The van der Waals surface area contributed by atoms with E-state index in [1.807, 2.05) is 45.2 Å². The van der Waals surface area contributed by atoms with Crippen LogP contribution < -0.4 is 10.1 Å². The Kier molecular flexibility index (Phi) is 8.68. The summed E-state index contributed by atoms with van der Waals surface area (Å²) >= 11 is 4.51. The van der Waals surface area contributed by atoms with Crippen molar-refractivity contribution in [3.05, 3.63) is 59.6 Å². The first-order chi connectivity index (χ1) is 16.3. The zero-order valence-electron chi connectivity index (χ0n) is 17.2. The van der Waals surface area contributed by atoms with Crippen LogP contribution in [0.15, 0.2) is 41.3 Å². The molecular weight excluding hydrogens is 719 g/mol. The van der Waals surface area contributed by atoms with Crippen LogP contribution in [0.2, 0.25) is 0 Å². The zero-order chi connectivity index (χ0) is 25.9. The number of anilines is 1. The normalized spacial score (nSPS) is 15.0. The summed E-state index contributed by atoms with van der Waals surface area (Å²) in [5, 5.41) is 10.3. The van der Waals surface area contributed by atoms with Gasteiger partial charge in [0.05, 0.1) is 17.6 Å². The number of amides is 3. The summed E-state index contributed by atoms with van der Waals surface area (Å²) in [6, 6.07) is 7.25. The number of thioether (sulfide) groups is 1. The highest BCUT2D eigenvalue weighted by Gasteiger charge is 2.36. The molecule has 1 heterocycles. The second-order valence-corrected chi connectivity index (χ2v) is 10.2. The minimum Gasteiger partial charge on any atom is -0.480 e. The van der Waals surface area contributed by atoms with Gasteiger partial charge in [0.25, 0.3) is 11.1 Å². The number of aliphatic carboxylic acids is 1. The van der Waals surface area contributed by atoms with Crippen LogP contribution in [0.5, 0.6) is 5.75 Å². The lowest BCUT2D eigenvalue weighted by atomic mass is 10.2. The summed E-state index contributed by atoms with van der Waals surface area (Å²) in [5.41, 5.74) is -0.532. The van der Waals surface area contributed by atoms with E-state index in [2.05, 4.69) is 5.32 Å². The van der Waals surface area contributed by atoms with Gasteiger partial charge in [-0.15, -0.1) is 0 Å². The van der Waals surface area contributed by atoms with E-state index >= 15 is 0 Å². The van der Waals surface area contributed by atoms with Gasteiger partial charge >= 0.3 is 12.1 Å². The molecule has 0 atom stereocenters. The lowest BCUT2D eigenvalue weighted by Gasteiger charge is -2.13. The molecule has 1 aliphatic heterocycles. The van der Waals surface area contributed by atoms with Gasteiger partial charge in [0.2, 0.25) is 5.91 Å². The van der Waals surface area contributed by atoms with Gasteiger partial charge < -0.3 is 15.2 Å². The molecule has 0 radical (unpaired) electrons. The first-order valence-corrected chi connectivity index (χ1v) is 12.4. The zero-order valence-corrected chi connectivity index (χ0v) is 22.3. The van der Waals surface area contributed by atoms with E-state index in [0.29, 0.717) is 35.1 Å². The predicted molar refractivity (Wildman–Crippen MR) is 138 cm³/mol. The van der Waals surface area contributed by atoms with E-state index in [1.54, 1.807) is 12.1 Å². The average molecular weight is 732 g/mol. The number of nitrogens with zero attached hydrogens (tertiary/aromatic N) is 1. The standard InChI is InChI=1S/C21H13F3I2N2O6S/c22-21(23,24)11-2-1-3-12(7-11)27-16(29)8-28-19(32)15(35-20(28)33)6-10-4-13(25)18(14(26)5-10)34-9-17(30)31/h1-7H,8-9H2,(H,27,29)(H,30,31)/b15-6-. The van der Waals surface area contributed by atoms with Gasteiger partial charge in [0.15, 0.2) is 6.61 Å².